The van der Waals surface area contributed by atoms with E-state index in [9.17, 15) is 9.59 Å². The van der Waals surface area contributed by atoms with Gasteiger partial charge in [0.2, 0.25) is 0 Å². The van der Waals surface area contributed by atoms with Gasteiger partial charge in [-0.2, -0.15) is 0 Å². The molecule has 1 fully saturated rings. The molecule has 1 N–H and O–H groups in total. The summed E-state index contributed by atoms with van der Waals surface area (Å²) in [5, 5.41) is 3.39. The smallest absolute Gasteiger partial charge is 0.255 e. The van der Waals surface area contributed by atoms with Crippen molar-refractivity contribution in [2.45, 2.75) is 19.8 Å². The van der Waals surface area contributed by atoms with E-state index < -0.39 is 0 Å². The standard InChI is InChI=1S/C20H22ClN3O2/c1-14-16(8-4-10-22-14)20(26)24-11-5-6-15(13-24)12-23-19(25)17-7-2-3-9-18(17)21/h2-4,7-10,15H,5-6,11-13H2,1H3,(H,23,25). The monoisotopic (exact) mass is 371 g/mol. The molecule has 0 saturated carbocycles. The number of aryl methyl sites for hydroxylation is 1. The Kier molecular flexibility index (Phi) is 5.89. The quantitative estimate of drug-likeness (QED) is 0.896. The summed E-state index contributed by atoms with van der Waals surface area (Å²) in [5.74, 6) is 0.0657. The number of rotatable bonds is 4. The number of pyridine rings is 1. The van der Waals surface area contributed by atoms with Crippen LogP contribution in [0.25, 0.3) is 0 Å². The molecule has 0 spiro atoms. The first-order chi connectivity index (χ1) is 12.6. The minimum atomic E-state index is -0.179. The van der Waals surface area contributed by atoms with Gasteiger partial charge in [-0.25, -0.2) is 0 Å². The molecule has 1 aromatic heterocycles. The maximum Gasteiger partial charge on any atom is 0.255 e. The van der Waals surface area contributed by atoms with E-state index in [4.69, 9.17) is 11.6 Å². The van der Waals surface area contributed by atoms with Crippen LogP contribution in [0, 0.1) is 12.8 Å². The number of halogens is 1. The Morgan fingerprint density at radius 3 is 2.77 bits per heavy atom. The predicted molar refractivity (Wildman–Crippen MR) is 101 cm³/mol. The molecule has 1 aromatic carbocycles. The van der Waals surface area contributed by atoms with Gasteiger partial charge in [-0.05, 0) is 49.9 Å². The highest BCUT2D eigenvalue weighted by atomic mass is 35.5. The Balaban J connectivity index is 1.59. The maximum absolute atomic E-state index is 12.8. The molecule has 0 bridgehead atoms. The van der Waals surface area contributed by atoms with E-state index in [0.29, 0.717) is 29.2 Å². The first kappa shape index (κ1) is 18.4. The van der Waals surface area contributed by atoms with Crippen molar-refractivity contribution in [2.75, 3.05) is 19.6 Å². The lowest BCUT2D eigenvalue weighted by atomic mass is 9.97. The number of hydrogen-bond acceptors (Lipinski definition) is 3. The number of carbonyl (C=O) groups is 2. The summed E-state index contributed by atoms with van der Waals surface area (Å²) in [7, 11) is 0. The molecular formula is C20H22ClN3O2. The van der Waals surface area contributed by atoms with Crippen molar-refractivity contribution < 1.29 is 9.59 Å². The van der Waals surface area contributed by atoms with E-state index >= 15 is 0 Å². The number of hydrogen-bond donors (Lipinski definition) is 1. The zero-order chi connectivity index (χ0) is 18.5. The minimum absolute atomic E-state index is 0.0118. The van der Waals surface area contributed by atoms with Crippen molar-refractivity contribution in [2.24, 2.45) is 5.92 Å². The minimum Gasteiger partial charge on any atom is -0.352 e. The third-order valence-electron chi connectivity index (χ3n) is 4.71. The summed E-state index contributed by atoms with van der Waals surface area (Å²) in [6.45, 7) is 3.75. The summed E-state index contributed by atoms with van der Waals surface area (Å²) in [4.78, 5) is 31.1. The van der Waals surface area contributed by atoms with Crippen LogP contribution >= 0.6 is 11.6 Å². The molecule has 2 amide bonds. The molecule has 0 radical (unpaired) electrons. The summed E-state index contributed by atoms with van der Waals surface area (Å²) in [6, 6.07) is 10.6. The van der Waals surface area contributed by atoms with Crippen LogP contribution in [0.3, 0.4) is 0 Å². The largest absolute Gasteiger partial charge is 0.352 e. The fourth-order valence-electron chi connectivity index (χ4n) is 3.27. The summed E-state index contributed by atoms with van der Waals surface area (Å²) in [6.07, 6.45) is 3.60. The molecule has 3 rings (SSSR count). The number of carbonyl (C=O) groups excluding carboxylic acids is 2. The second-order valence-electron chi connectivity index (χ2n) is 6.59. The number of likely N-dealkylation sites (tertiary alicyclic amines) is 1. The van der Waals surface area contributed by atoms with Gasteiger partial charge >= 0.3 is 0 Å². The average molecular weight is 372 g/mol. The summed E-state index contributed by atoms with van der Waals surface area (Å²) in [5.41, 5.74) is 1.86. The Labute approximate surface area is 158 Å². The molecular weight excluding hydrogens is 350 g/mol. The topological polar surface area (TPSA) is 62.3 Å². The third-order valence-corrected chi connectivity index (χ3v) is 5.04. The fraction of sp³-hybridized carbons (Fsp3) is 0.350. The number of aromatic nitrogens is 1. The number of nitrogens with one attached hydrogen (secondary N) is 1. The van der Waals surface area contributed by atoms with E-state index in [1.54, 1.807) is 36.5 Å². The predicted octanol–water partition coefficient (Wildman–Crippen LogP) is 3.33. The number of amides is 2. The molecule has 1 unspecified atom stereocenters. The van der Waals surface area contributed by atoms with Gasteiger partial charge in [0, 0.05) is 31.5 Å². The van der Waals surface area contributed by atoms with Crippen molar-refractivity contribution >= 4 is 23.4 Å². The molecule has 1 aliphatic rings. The lowest BCUT2D eigenvalue weighted by Gasteiger charge is -2.33. The Hall–Kier alpha value is -2.40. The van der Waals surface area contributed by atoms with Crippen LogP contribution in [0.15, 0.2) is 42.6 Å². The molecule has 136 valence electrons. The van der Waals surface area contributed by atoms with Gasteiger partial charge in [-0.1, -0.05) is 23.7 Å². The van der Waals surface area contributed by atoms with Crippen LogP contribution in [0.5, 0.6) is 0 Å². The Morgan fingerprint density at radius 2 is 2.00 bits per heavy atom. The van der Waals surface area contributed by atoms with E-state index in [1.165, 1.54) is 0 Å². The Morgan fingerprint density at radius 1 is 1.23 bits per heavy atom. The van der Waals surface area contributed by atoms with Crippen molar-refractivity contribution in [3.63, 3.8) is 0 Å². The van der Waals surface area contributed by atoms with E-state index in [2.05, 4.69) is 10.3 Å². The van der Waals surface area contributed by atoms with Crippen LogP contribution in [0.1, 0.15) is 39.3 Å². The SMILES string of the molecule is Cc1ncccc1C(=O)N1CCCC(CNC(=O)c2ccccc2Cl)C1. The first-order valence-electron chi connectivity index (χ1n) is 8.80. The van der Waals surface area contributed by atoms with Gasteiger partial charge < -0.3 is 10.2 Å². The van der Waals surface area contributed by atoms with Gasteiger partial charge in [0.05, 0.1) is 16.1 Å². The molecule has 2 heterocycles. The highest BCUT2D eigenvalue weighted by Crippen LogP contribution is 2.20. The summed E-state index contributed by atoms with van der Waals surface area (Å²) < 4.78 is 0. The number of piperidine rings is 1. The van der Waals surface area contributed by atoms with Gasteiger partial charge in [0.25, 0.3) is 11.8 Å². The lowest BCUT2D eigenvalue weighted by Crippen LogP contribution is -2.44. The molecule has 6 heteroatoms. The maximum atomic E-state index is 12.8. The average Bonchev–Trinajstić information content (AvgIpc) is 2.66. The van der Waals surface area contributed by atoms with E-state index in [0.717, 1.165) is 25.1 Å². The van der Waals surface area contributed by atoms with Crippen LogP contribution in [-0.4, -0.2) is 41.3 Å². The van der Waals surface area contributed by atoms with Crippen LogP contribution in [0.2, 0.25) is 5.02 Å². The highest BCUT2D eigenvalue weighted by molar-refractivity contribution is 6.33. The second kappa shape index (κ2) is 8.32. The van der Waals surface area contributed by atoms with Crippen LogP contribution in [0.4, 0.5) is 0 Å². The van der Waals surface area contributed by atoms with Crippen molar-refractivity contribution in [1.29, 1.82) is 0 Å². The van der Waals surface area contributed by atoms with Gasteiger partial charge in [0.15, 0.2) is 0 Å². The van der Waals surface area contributed by atoms with Crippen LogP contribution < -0.4 is 5.32 Å². The van der Waals surface area contributed by atoms with Gasteiger partial charge in [0.1, 0.15) is 0 Å². The highest BCUT2D eigenvalue weighted by Gasteiger charge is 2.26. The fourth-order valence-corrected chi connectivity index (χ4v) is 3.50. The van der Waals surface area contributed by atoms with Crippen molar-refractivity contribution in [3.8, 4) is 0 Å². The third kappa shape index (κ3) is 4.22. The first-order valence-corrected chi connectivity index (χ1v) is 9.17. The van der Waals surface area contributed by atoms with Crippen molar-refractivity contribution in [3.05, 3.63) is 64.4 Å². The molecule has 5 nitrogen and oxygen atoms in total. The molecule has 1 saturated heterocycles. The second-order valence-corrected chi connectivity index (χ2v) is 6.99. The molecule has 1 atom stereocenters. The number of benzene rings is 1. The van der Waals surface area contributed by atoms with Gasteiger partial charge in [-0.15, -0.1) is 0 Å². The molecule has 0 aliphatic carbocycles. The molecule has 26 heavy (non-hydrogen) atoms. The summed E-state index contributed by atoms with van der Waals surface area (Å²) >= 11 is 6.07. The molecule has 1 aliphatic heterocycles. The number of nitrogens with zero attached hydrogens (tertiary/aromatic N) is 2. The van der Waals surface area contributed by atoms with E-state index in [1.807, 2.05) is 17.9 Å². The van der Waals surface area contributed by atoms with Crippen LogP contribution in [-0.2, 0) is 0 Å². The molecule has 2 aromatic rings. The Bertz CT molecular complexity index is 809. The van der Waals surface area contributed by atoms with Gasteiger partial charge in [-0.3, -0.25) is 14.6 Å². The zero-order valence-corrected chi connectivity index (χ0v) is 15.5. The van der Waals surface area contributed by atoms with E-state index in [-0.39, 0.29) is 17.7 Å². The lowest BCUT2D eigenvalue weighted by molar-refractivity contribution is 0.0669. The zero-order valence-electron chi connectivity index (χ0n) is 14.7. The van der Waals surface area contributed by atoms with Crippen molar-refractivity contribution in [1.82, 2.24) is 15.2 Å². The normalized spacial score (nSPS) is 17.0.